The van der Waals surface area contributed by atoms with Crippen LogP contribution in [-0.2, 0) is 16.0 Å². The highest BCUT2D eigenvalue weighted by Gasteiger charge is 2.37. The largest absolute Gasteiger partial charge is 0.378 e. The fourth-order valence-electron chi connectivity index (χ4n) is 3.71. The molecule has 1 aromatic rings. The van der Waals surface area contributed by atoms with Gasteiger partial charge in [0.1, 0.15) is 11.6 Å². The van der Waals surface area contributed by atoms with Crippen LogP contribution < -0.4 is 10.6 Å². The number of nitrogens with one attached hydrogen (secondary N) is 2. The van der Waals surface area contributed by atoms with Crippen LogP contribution >= 0.6 is 23.2 Å². The molecular formula is C21H27Cl2N5O3. The maximum atomic E-state index is 13.2. The topological polar surface area (TPSA) is 97.7 Å². The Kier molecular flexibility index (Phi) is 8.00. The zero-order chi connectivity index (χ0) is 22.4. The number of rotatable bonds is 5. The van der Waals surface area contributed by atoms with Gasteiger partial charge in [0, 0.05) is 32.6 Å². The number of morpholine rings is 1. The van der Waals surface area contributed by atoms with Crippen LogP contribution in [0.2, 0.25) is 10.0 Å². The molecule has 3 rings (SSSR count). The van der Waals surface area contributed by atoms with Crippen molar-refractivity contribution in [2.45, 2.75) is 30.8 Å². The molecule has 2 N–H and O–H groups in total. The van der Waals surface area contributed by atoms with Gasteiger partial charge >= 0.3 is 6.03 Å². The number of piperidine rings is 1. The summed E-state index contributed by atoms with van der Waals surface area (Å²) in [5, 5.41) is 16.3. The highest BCUT2D eigenvalue weighted by molar-refractivity contribution is 6.42. The summed E-state index contributed by atoms with van der Waals surface area (Å²) in [6.45, 7) is 3.27. The minimum Gasteiger partial charge on any atom is -0.378 e. The van der Waals surface area contributed by atoms with Crippen LogP contribution in [0.1, 0.15) is 18.4 Å². The van der Waals surface area contributed by atoms with Gasteiger partial charge in [-0.15, -0.1) is 0 Å². The highest BCUT2D eigenvalue weighted by Crippen LogP contribution is 2.24. The van der Waals surface area contributed by atoms with Crippen LogP contribution in [0.25, 0.3) is 0 Å². The summed E-state index contributed by atoms with van der Waals surface area (Å²) in [7, 11) is 1.98. The van der Waals surface area contributed by atoms with Crippen LogP contribution in [0.4, 0.5) is 4.79 Å². The van der Waals surface area contributed by atoms with Crippen molar-refractivity contribution >= 4 is 35.1 Å². The Labute approximate surface area is 192 Å². The normalized spacial score (nSPS) is 19.9. The number of nitrogens with zero attached hydrogens (tertiary/aromatic N) is 3. The van der Waals surface area contributed by atoms with Crippen molar-refractivity contribution in [3.63, 3.8) is 0 Å². The van der Waals surface area contributed by atoms with E-state index in [9.17, 15) is 14.9 Å². The molecular weight excluding hydrogens is 441 g/mol. The van der Waals surface area contributed by atoms with Crippen LogP contribution in [0.15, 0.2) is 18.2 Å². The van der Waals surface area contributed by atoms with Gasteiger partial charge in [-0.2, -0.15) is 5.26 Å². The Morgan fingerprint density at radius 3 is 2.48 bits per heavy atom. The second-order valence-corrected chi connectivity index (χ2v) is 8.85. The van der Waals surface area contributed by atoms with Crippen LogP contribution in [-0.4, -0.2) is 79.8 Å². The van der Waals surface area contributed by atoms with E-state index in [4.69, 9.17) is 27.9 Å². The lowest BCUT2D eigenvalue weighted by Crippen LogP contribution is -2.60. The molecule has 2 heterocycles. The first-order chi connectivity index (χ1) is 14.8. The maximum absolute atomic E-state index is 13.2. The van der Waals surface area contributed by atoms with Crippen LogP contribution in [0.5, 0.6) is 0 Å². The summed E-state index contributed by atoms with van der Waals surface area (Å²) >= 11 is 12.1. The fourth-order valence-corrected chi connectivity index (χ4v) is 4.03. The summed E-state index contributed by atoms with van der Waals surface area (Å²) in [4.78, 5) is 29.7. The van der Waals surface area contributed by atoms with Crippen molar-refractivity contribution in [1.82, 2.24) is 20.4 Å². The first kappa shape index (κ1) is 23.6. The van der Waals surface area contributed by atoms with Gasteiger partial charge in [-0.05, 0) is 37.6 Å². The number of carbonyl (C=O) groups excluding carboxylic acids is 2. The van der Waals surface area contributed by atoms with Crippen molar-refractivity contribution < 1.29 is 14.3 Å². The summed E-state index contributed by atoms with van der Waals surface area (Å²) < 4.78 is 5.29. The van der Waals surface area contributed by atoms with Gasteiger partial charge in [0.15, 0.2) is 0 Å². The second-order valence-electron chi connectivity index (χ2n) is 8.04. The molecule has 10 heteroatoms. The second kappa shape index (κ2) is 10.5. The Bertz CT molecular complexity index is 846. The molecule has 1 unspecified atom stereocenters. The number of hydrogen-bond donors (Lipinski definition) is 2. The van der Waals surface area contributed by atoms with E-state index < -0.39 is 17.5 Å². The average molecular weight is 468 g/mol. The molecule has 0 spiro atoms. The number of urea groups is 1. The first-order valence-electron chi connectivity index (χ1n) is 10.3. The third-order valence-electron chi connectivity index (χ3n) is 5.75. The Hall–Kier alpha value is -2.05. The van der Waals surface area contributed by atoms with E-state index in [-0.39, 0.29) is 12.5 Å². The molecule has 0 bridgehead atoms. The van der Waals surface area contributed by atoms with Crippen molar-refractivity contribution in [3.05, 3.63) is 33.8 Å². The van der Waals surface area contributed by atoms with Crippen LogP contribution in [0.3, 0.4) is 0 Å². The molecule has 2 fully saturated rings. The molecule has 0 saturated carbocycles. The molecule has 2 aliphatic heterocycles. The fraction of sp³-hybridized carbons (Fsp3) is 0.571. The van der Waals surface area contributed by atoms with Gasteiger partial charge in [-0.1, -0.05) is 29.3 Å². The zero-order valence-corrected chi connectivity index (χ0v) is 19.0. The van der Waals surface area contributed by atoms with Crippen LogP contribution in [0, 0.1) is 11.3 Å². The summed E-state index contributed by atoms with van der Waals surface area (Å²) in [6, 6.07) is 6.19. The van der Waals surface area contributed by atoms with Gasteiger partial charge in [-0.25, -0.2) is 4.79 Å². The number of likely N-dealkylation sites (tertiary alicyclic amines) is 1. The van der Waals surface area contributed by atoms with E-state index >= 15 is 0 Å². The Morgan fingerprint density at radius 1 is 1.19 bits per heavy atom. The molecule has 0 aliphatic carbocycles. The number of nitriles is 1. The quantitative estimate of drug-likeness (QED) is 0.690. The minimum absolute atomic E-state index is 0.222. The molecule has 3 amide bonds. The van der Waals surface area contributed by atoms with E-state index in [1.165, 1.54) is 0 Å². The number of halogens is 2. The Balaban J connectivity index is 1.76. The first-order valence-corrected chi connectivity index (χ1v) is 11.1. The maximum Gasteiger partial charge on any atom is 0.318 e. The van der Waals surface area contributed by atoms with Crippen molar-refractivity contribution in [2.24, 2.45) is 0 Å². The van der Waals surface area contributed by atoms with E-state index in [0.717, 1.165) is 5.56 Å². The van der Waals surface area contributed by atoms with Gasteiger partial charge < -0.3 is 25.2 Å². The molecule has 0 radical (unpaired) electrons. The van der Waals surface area contributed by atoms with Gasteiger partial charge in [0.05, 0.1) is 29.3 Å². The van der Waals surface area contributed by atoms with Gasteiger partial charge in [0.2, 0.25) is 5.91 Å². The van der Waals surface area contributed by atoms with Crippen molar-refractivity contribution in [3.8, 4) is 6.07 Å². The number of benzene rings is 1. The zero-order valence-electron chi connectivity index (χ0n) is 17.5. The lowest BCUT2D eigenvalue weighted by molar-refractivity contribution is -0.124. The smallest absolute Gasteiger partial charge is 0.318 e. The van der Waals surface area contributed by atoms with E-state index in [1.807, 2.05) is 7.05 Å². The molecule has 168 valence electrons. The van der Waals surface area contributed by atoms with Crippen molar-refractivity contribution in [1.29, 1.82) is 5.26 Å². The average Bonchev–Trinajstić information content (AvgIpc) is 2.78. The molecule has 1 atom stereocenters. The number of carbonyl (C=O) groups is 2. The summed E-state index contributed by atoms with van der Waals surface area (Å²) in [5.74, 6) is -0.390. The number of ether oxygens (including phenoxy) is 1. The monoisotopic (exact) mass is 467 g/mol. The third kappa shape index (κ3) is 6.23. The molecule has 1 aromatic carbocycles. The summed E-state index contributed by atoms with van der Waals surface area (Å²) in [5.41, 5.74) is -0.186. The lowest BCUT2D eigenvalue weighted by atomic mass is 9.88. The van der Waals surface area contributed by atoms with Gasteiger partial charge in [-0.3, -0.25) is 4.79 Å². The SMILES string of the molecule is CN1CCC(C#N)(NC(=O)C(Cc2ccc(Cl)c(Cl)c2)NC(=O)N2CCOCC2)CC1. The Morgan fingerprint density at radius 2 is 1.87 bits per heavy atom. The van der Waals surface area contributed by atoms with E-state index in [1.54, 1.807) is 23.1 Å². The highest BCUT2D eigenvalue weighted by atomic mass is 35.5. The molecule has 31 heavy (non-hydrogen) atoms. The lowest BCUT2D eigenvalue weighted by Gasteiger charge is -2.37. The van der Waals surface area contributed by atoms with Crippen molar-refractivity contribution in [2.75, 3.05) is 46.4 Å². The van der Waals surface area contributed by atoms with Gasteiger partial charge in [0.25, 0.3) is 0 Å². The third-order valence-corrected chi connectivity index (χ3v) is 6.49. The molecule has 8 nitrogen and oxygen atoms in total. The number of amides is 3. The van der Waals surface area contributed by atoms with E-state index in [0.29, 0.717) is 62.3 Å². The molecule has 2 saturated heterocycles. The molecule has 2 aliphatic rings. The summed E-state index contributed by atoms with van der Waals surface area (Å²) in [6.07, 6.45) is 1.28. The number of hydrogen-bond acceptors (Lipinski definition) is 5. The minimum atomic E-state index is -0.941. The predicted octanol–water partition coefficient (Wildman–Crippen LogP) is 2.05. The standard InChI is InChI=1S/C21H27Cl2N5O3/c1-27-6-4-21(14-24,5-7-27)26-19(29)18(13-15-2-3-16(22)17(23)12-15)25-20(30)28-8-10-31-11-9-28/h2-3,12,18H,4-11,13H2,1H3,(H,25,30)(H,26,29). The molecule has 0 aromatic heterocycles. The predicted molar refractivity (Wildman–Crippen MR) is 118 cm³/mol. The van der Waals surface area contributed by atoms with E-state index in [2.05, 4.69) is 21.6 Å².